The summed E-state index contributed by atoms with van der Waals surface area (Å²) in [5.41, 5.74) is -0.770. The number of rotatable bonds is 8. The van der Waals surface area contributed by atoms with E-state index >= 15 is 0 Å². The van der Waals surface area contributed by atoms with Crippen LogP contribution >= 0.6 is 11.8 Å². The molecule has 1 saturated heterocycles. The lowest BCUT2D eigenvalue weighted by atomic mass is 10.1. The number of thioether (sulfide) groups is 1. The summed E-state index contributed by atoms with van der Waals surface area (Å²) in [5.74, 6) is 2.52. The molecule has 2 rings (SSSR count). The van der Waals surface area contributed by atoms with Crippen molar-refractivity contribution in [1.82, 2.24) is 10.2 Å². The average molecular weight is 322 g/mol. The van der Waals surface area contributed by atoms with Crippen molar-refractivity contribution in [1.29, 1.82) is 0 Å². The molecule has 0 spiro atoms. The van der Waals surface area contributed by atoms with Crippen LogP contribution in [0.5, 0.6) is 5.75 Å². The first kappa shape index (κ1) is 16.7. The molecule has 6 heteroatoms. The fraction of sp³-hybridized carbons (Fsp3) is 0.500. The van der Waals surface area contributed by atoms with Crippen molar-refractivity contribution in [2.45, 2.75) is 25.8 Å². The summed E-state index contributed by atoms with van der Waals surface area (Å²) in [6.07, 6.45) is 0.797. The Labute approximate surface area is 135 Å². The quantitative estimate of drug-likeness (QED) is 0.590. The zero-order valence-electron chi connectivity index (χ0n) is 13.0. The molecule has 0 radical (unpaired) electrons. The number of benzene rings is 1. The molecule has 22 heavy (non-hydrogen) atoms. The van der Waals surface area contributed by atoms with Crippen LogP contribution in [0.3, 0.4) is 0 Å². The van der Waals surface area contributed by atoms with E-state index in [0.717, 1.165) is 23.7 Å². The summed E-state index contributed by atoms with van der Waals surface area (Å²) in [4.78, 5) is 25.0. The van der Waals surface area contributed by atoms with Crippen molar-refractivity contribution in [3.8, 4) is 5.75 Å². The predicted molar refractivity (Wildman–Crippen MR) is 88.2 cm³/mol. The zero-order valence-corrected chi connectivity index (χ0v) is 13.8. The Hall–Kier alpha value is -1.69. The second kappa shape index (κ2) is 7.54. The lowest BCUT2D eigenvalue weighted by Gasteiger charge is -2.15. The molecule has 1 fully saturated rings. The van der Waals surface area contributed by atoms with Crippen LogP contribution in [0.1, 0.15) is 20.3 Å². The molecule has 1 aliphatic heterocycles. The monoisotopic (exact) mass is 322 g/mol. The van der Waals surface area contributed by atoms with Gasteiger partial charge in [0, 0.05) is 12.3 Å². The summed E-state index contributed by atoms with van der Waals surface area (Å²) < 4.78 is 5.60. The number of ether oxygens (including phenoxy) is 1. The van der Waals surface area contributed by atoms with Gasteiger partial charge in [0.25, 0.3) is 5.91 Å². The number of nitrogens with one attached hydrogen (secondary N) is 1. The normalized spacial score (nSPS) is 16.7. The molecule has 5 nitrogen and oxygen atoms in total. The molecule has 3 amide bonds. The molecule has 1 aliphatic rings. The molecule has 1 heterocycles. The fourth-order valence-electron chi connectivity index (χ4n) is 2.18. The molecular weight excluding hydrogens is 300 g/mol. The van der Waals surface area contributed by atoms with Gasteiger partial charge in [0.15, 0.2) is 0 Å². The maximum absolute atomic E-state index is 12.0. The number of amides is 3. The maximum Gasteiger partial charge on any atom is 0.325 e. The van der Waals surface area contributed by atoms with Gasteiger partial charge >= 0.3 is 6.03 Å². The number of para-hydroxylation sites is 1. The van der Waals surface area contributed by atoms with Crippen LogP contribution in [-0.2, 0) is 4.79 Å². The van der Waals surface area contributed by atoms with Crippen LogP contribution in [-0.4, -0.2) is 47.0 Å². The van der Waals surface area contributed by atoms with Gasteiger partial charge < -0.3 is 10.1 Å². The molecule has 1 N–H and O–H groups in total. The molecule has 1 aromatic carbocycles. The number of nitrogens with zero attached hydrogens (tertiary/aromatic N) is 1. The number of imide groups is 1. The lowest BCUT2D eigenvalue weighted by molar-refractivity contribution is -0.130. The third-order valence-corrected chi connectivity index (χ3v) is 4.39. The van der Waals surface area contributed by atoms with Gasteiger partial charge in [0.1, 0.15) is 11.3 Å². The van der Waals surface area contributed by atoms with Gasteiger partial charge in [-0.3, -0.25) is 9.69 Å². The van der Waals surface area contributed by atoms with Crippen LogP contribution in [0, 0.1) is 0 Å². The molecule has 1 aromatic rings. The van der Waals surface area contributed by atoms with E-state index in [1.54, 1.807) is 25.6 Å². The molecule has 0 saturated carbocycles. The van der Waals surface area contributed by atoms with E-state index in [1.807, 2.05) is 30.3 Å². The summed E-state index contributed by atoms with van der Waals surface area (Å²) in [5, 5.41) is 2.68. The van der Waals surface area contributed by atoms with Gasteiger partial charge in [-0.05, 0) is 38.2 Å². The summed E-state index contributed by atoms with van der Waals surface area (Å²) in [6, 6.07) is 9.43. The number of urea groups is 1. The molecule has 0 unspecified atom stereocenters. The van der Waals surface area contributed by atoms with Crippen molar-refractivity contribution in [3.63, 3.8) is 0 Å². The van der Waals surface area contributed by atoms with E-state index in [0.29, 0.717) is 13.2 Å². The predicted octanol–water partition coefficient (Wildman–Crippen LogP) is 2.52. The average Bonchev–Trinajstić information content (AvgIpc) is 2.68. The van der Waals surface area contributed by atoms with E-state index in [2.05, 4.69) is 5.32 Å². The smallest absolute Gasteiger partial charge is 0.325 e. The number of carbonyl (C=O) groups is 2. The van der Waals surface area contributed by atoms with Crippen LogP contribution in [0.4, 0.5) is 4.79 Å². The van der Waals surface area contributed by atoms with Crippen LogP contribution in [0.2, 0.25) is 0 Å². The van der Waals surface area contributed by atoms with Crippen LogP contribution < -0.4 is 10.1 Å². The van der Waals surface area contributed by atoms with E-state index in [4.69, 9.17) is 4.74 Å². The SMILES string of the molecule is CC1(C)NC(=O)N(CCCSCCOc2ccccc2)C1=O. The van der Waals surface area contributed by atoms with Crippen molar-refractivity contribution >= 4 is 23.7 Å². The molecule has 0 atom stereocenters. The second-order valence-corrected chi connectivity index (χ2v) is 6.86. The number of hydrogen-bond donors (Lipinski definition) is 1. The second-order valence-electron chi connectivity index (χ2n) is 5.64. The third kappa shape index (κ3) is 4.40. The van der Waals surface area contributed by atoms with Gasteiger partial charge in [0.2, 0.25) is 0 Å². The Bertz CT molecular complexity index is 519. The van der Waals surface area contributed by atoms with Gasteiger partial charge in [-0.25, -0.2) is 4.79 Å². The molecular formula is C16H22N2O3S. The summed E-state index contributed by atoms with van der Waals surface area (Å²) in [6.45, 7) is 4.58. The summed E-state index contributed by atoms with van der Waals surface area (Å²) >= 11 is 1.76. The Morgan fingerprint density at radius 3 is 2.55 bits per heavy atom. The Balaban J connectivity index is 1.56. The molecule has 120 valence electrons. The van der Waals surface area contributed by atoms with Crippen molar-refractivity contribution in [3.05, 3.63) is 30.3 Å². The number of hydrogen-bond acceptors (Lipinski definition) is 4. The minimum atomic E-state index is -0.770. The van der Waals surface area contributed by atoms with Gasteiger partial charge in [0.05, 0.1) is 6.61 Å². The highest BCUT2D eigenvalue weighted by Gasteiger charge is 2.43. The Morgan fingerprint density at radius 1 is 1.18 bits per heavy atom. The highest BCUT2D eigenvalue weighted by molar-refractivity contribution is 7.99. The molecule has 0 aromatic heterocycles. The highest BCUT2D eigenvalue weighted by Crippen LogP contribution is 2.17. The standard InChI is InChI=1S/C16H22N2O3S/c1-16(2)14(19)18(15(20)17-16)9-6-11-22-12-10-21-13-7-4-3-5-8-13/h3-5,7-8H,6,9-12H2,1-2H3,(H,17,20). The first-order valence-corrected chi connectivity index (χ1v) is 8.56. The summed E-state index contributed by atoms with van der Waals surface area (Å²) in [7, 11) is 0. The first-order chi connectivity index (χ1) is 10.5. The Morgan fingerprint density at radius 2 is 1.91 bits per heavy atom. The lowest BCUT2D eigenvalue weighted by Crippen LogP contribution is -2.40. The third-order valence-electron chi connectivity index (χ3n) is 3.35. The molecule has 0 aliphatic carbocycles. The van der Waals surface area contributed by atoms with Gasteiger partial charge in [-0.15, -0.1) is 0 Å². The van der Waals surface area contributed by atoms with E-state index in [9.17, 15) is 9.59 Å². The van der Waals surface area contributed by atoms with Crippen molar-refractivity contribution in [2.75, 3.05) is 24.7 Å². The minimum Gasteiger partial charge on any atom is -0.493 e. The number of carbonyl (C=O) groups excluding carboxylic acids is 2. The van der Waals surface area contributed by atoms with Gasteiger partial charge in [-0.2, -0.15) is 11.8 Å². The van der Waals surface area contributed by atoms with Crippen molar-refractivity contribution in [2.24, 2.45) is 0 Å². The zero-order chi connectivity index (χ0) is 16.0. The molecule has 0 bridgehead atoms. The highest BCUT2D eigenvalue weighted by atomic mass is 32.2. The van der Waals surface area contributed by atoms with Crippen LogP contribution in [0.25, 0.3) is 0 Å². The van der Waals surface area contributed by atoms with E-state index in [-0.39, 0.29) is 11.9 Å². The fourth-order valence-corrected chi connectivity index (χ4v) is 2.92. The maximum atomic E-state index is 12.0. The topological polar surface area (TPSA) is 58.6 Å². The van der Waals surface area contributed by atoms with E-state index in [1.165, 1.54) is 4.90 Å². The first-order valence-electron chi connectivity index (χ1n) is 7.40. The largest absolute Gasteiger partial charge is 0.493 e. The van der Waals surface area contributed by atoms with Crippen molar-refractivity contribution < 1.29 is 14.3 Å². The minimum absolute atomic E-state index is 0.144. The van der Waals surface area contributed by atoms with Crippen LogP contribution in [0.15, 0.2) is 30.3 Å². The van der Waals surface area contributed by atoms with E-state index < -0.39 is 5.54 Å². The Kier molecular flexibility index (Phi) is 5.71. The van der Waals surface area contributed by atoms with Gasteiger partial charge in [-0.1, -0.05) is 18.2 Å².